The largest absolute Gasteiger partial charge is 0.462 e. The lowest BCUT2D eigenvalue weighted by Gasteiger charge is -2.18. The third-order valence-electron chi connectivity index (χ3n) is 11.4. The molecule has 0 aliphatic carbocycles. The van der Waals surface area contributed by atoms with Crippen LogP contribution < -0.4 is 0 Å². The fourth-order valence-electron chi connectivity index (χ4n) is 7.26. The average molecular weight is 905 g/mol. The van der Waals surface area contributed by atoms with Crippen LogP contribution in [0.5, 0.6) is 0 Å². The first kappa shape index (κ1) is 61.6. The van der Waals surface area contributed by atoms with Gasteiger partial charge in [-0.15, -0.1) is 0 Å². The van der Waals surface area contributed by atoms with Crippen molar-refractivity contribution in [1.82, 2.24) is 0 Å². The zero-order valence-electron chi connectivity index (χ0n) is 42.5. The molecular weight excluding hydrogens is 805 g/mol. The molecule has 0 aromatic carbocycles. The van der Waals surface area contributed by atoms with Crippen molar-refractivity contribution in [1.29, 1.82) is 0 Å². The van der Waals surface area contributed by atoms with E-state index < -0.39 is 6.10 Å². The van der Waals surface area contributed by atoms with Crippen LogP contribution in [0.3, 0.4) is 0 Å². The molecular formula is C59H100O6. The van der Waals surface area contributed by atoms with Crippen molar-refractivity contribution in [3.8, 4) is 0 Å². The van der Waals surface area contributed by atoms with Crippen LogP contribution in [0.2, 0.25) is 0 Å². The fourth-order valence-corrected chi connectivity index (χ4v) is 7.26. The zero-order chi connectivity index (χ0) is 47.2. The molecule has 0 aliphatic rings. The minimum Gasteiger partial charge on any atom is -0.462 e. The summed E-state index contributed by atoms with van der Waals surface area (Å²) in [7, 11) is 0. The standard InChI is InChI=1S/C59H100O6/c1-4-7-10-13-16-19-22-25-27-29-31-34-36-39-42-45-48-51-57(60)63-54-56(65-59(62)53-50-47-44-41-38-33-24-21-18-15-12-9-6-3)55-64-58(61)52-49-46-43-40-37-35-32-30-28-26-23-20-17-14-11-8-5-2/h16-17,19-20,25-28,31-32,34-35,39,42,56H,4-15,18,21-24,29-30,33,36-38,40-41,43-55H2,1-3H3/b19-16-,20-17-,27-25-,28-26-,34-31-,35-32-,42-39-/t56-/m1/s1. The minimum atomic E-state index is -0.806. The zero-order valence-corrected chi connectivity index (χ0v) is 42.5. The summed E-state index contributed by atoms with van der Waals surface area (Å²) >= 11 is 0. The second-order valence-corrected chi connectivity index (χ2v) is 17.8. The van der Waals surface area contributed by atoms with E-state index >= 15 is 0 Å². The number of allylic oxidation sites excluding steroid dienone is 14. The van der Waals surface area contributed by atoms with Crippen LogP contribution in [0.25, 0.3) is 0 Å². The molecule has 0 saturated heterocycles. The van der Waals surface area contributed by atoms with Gasteiger partial charge in [0.25, 0.3) is 0 Å². The van der Waals surface area contributed by atoms with Gasteiger partial charge < -0.3 is 14.2 Å². The van der Waals surface area contributed by atoms with E-state index in [0.29, 0.717) is 19.3 Å². The van der Waals surface area contributed by atoms with Crippen molar-refractivity contribution in [3.05, 3.63) is 85.1 Å². The molecule has 372 valence electrons. The average Bonchev–Trinajstić information content (AvgIpc) is 3.30. The second kappa shape index (κ2) is 53.2. The maximum atomic E-state index is 12.8. The first-order chi connectivity index (χ1) is 32.0. The van der Waals surface area contributed by atoms with Gasteiger partial charge in [-0.1, -0.05) is 221 Å². The molecule has 0 spiro atoms. The Morgan fingerprint density at radius 1 is 0.308 bits per heavy atom. The van der Waals surface area contributed by atoms with Crippen molar-refractivity contribution in [2.45, 2.75) is 258 Å². The molecule has 0 N–H and O–H groups in total. The number of rotatable bonds is 48. The van der Waals surface area contributed by atoms with Crippen molar-refractivity contribution in [3.63, 3.8) is 0 Å². The van der Waals surface area contributed by atoms with E-state index in [9.17, 15) is 14.4 Å². The summed E-state index contributed by atoms with van der Waals surface area (Å²) < 4.78 is 16.8. The Kier molecular flexibility index (Phi) is 50.4. The molecule has 0 rings (SSSR count). The number of carbonyl (C=O) groups excluding carboxylic acids is 3. The summed E-state index contributed by atoms with van der Waals surface area (Å²) in [5.41, 5.74) is 0. The maximum absolute atomic E-state index is 12.8. The second-order valence-electron chi connectivity index (χ2n) is 17.8. The van der Waals surface area contributed by atoms with E-state index in [4.69, 9.17) is 14.2 Å². The van der Waals surface area contributed by atoms with Crippen molar-refractivity contribution in [2.75, 3.05) is 13.2 Å². The van der Waals surface area contributed by atoms with E-state index in [2.05, 4.69) is 106 Å². The van der Waals surface area contributed by atoms with Crippen LogP contribution in [0, 0.1) is 0 Å². The Morgan fingerprint density at radius 3 is 0.954 bits per heavy atom. The van der Waals surface area contributed by atoms with Crippen LogP contribution >= 0.6 is 0 Å². The molecule has 0 radical (unpaired) electrons. The summed E-state index contributed by atoms with van der Waals surface area (Å²) in [5, 5.41) is 0. The van der Waals surface area contributed by atoms with Gasteiger partial charge in [-0.3, -0.25) is 14.4 Å². The van der Waals surface area contributed by atoms with E-state index in [0.717, 1.165) is 89.9 Å². The summed E-state index contributed by atoms with van der Waals surface area (Å²) in [5.74, 6) is -0.978. The molecule has 6 nitrogen and oxygen atoms in total. The fraction of sp³-hybridized carbons (Fsp3) is 0.712. The Bertz CT molecular complexity index is 1270. The van der Waals surface area contributed by atoms with Gasteiger partial charge in [-0.25, -0.2) is 0 Å². The number of ether oxygens (including phenoxy) is 3. The maximum Gasteiger partial charge on any atom is 0.306 e. The highest BCUT2D eigenvalue weighted by Crippen LogP contribution is 2.14. The summed E-state index contributed by atoms with van der Waals surface area (Å²) in [6.45, 7) is 6.52. The smallest absolute Gasteiger partial charge is 0.306 e. The number of unbranched alkanes of at least 4 members (excludes halogenated alkanes) is 23. The van der Waals surface area contributed by atoms with E-state index in [1.165, 1.54) is 116 Å². The molecule has 0 unspecified atom stereocenters. The molecule has 1 atom stereocenters. The molecule has 0 heterocycles. The van der Waals surface area contributed by atoms with E-state index in [-0.39, 0.29) is 37.5 Å². The van der Waals surface area contributed by atoms with E-state index in [1.54, 1.807) is 0 Å². The molecule has 65 heavy (non-hydrogen) atoms. The molecule has 0 saturated carbocycles. The summed E-state index contributed by atoms with van der Waals surface area (Å²) in [6, 6.07) is 0. The van der Waals surface area contributed by atoms with Gasteiger partial charge in [-0.05, 0) is 96.3 Å². The van der Waals surface area contributed by atoms with Gasteiger partial charge >= 0.3 is 17.9 Å². The van der Waals surface area contributed by atoms with Crippen LogP contribution in [0.4, 0.5) is 0 Å². The lowest BCUT2D eigenvalue weighted by atomic mass is 10.0. The van der Waals surface area contributed by atoms with Crippen LogP contribution in [0.1, 0.15) is 252 Å². The Balaban J connectivity index is 4.50. The van der Waals surface area contributed by atoms with E-state index in [1.807, 2.05) is 0 Å². The van der Waals surface area contributed by atoms with Crippen molar-refractivity contribution in [2.24, 2.45) is 0 Å². The monoisotopic (exact) mass is 905 g/mol. The highest BCUT2D eigenvalue weighted by atomic mass is 16.6. The number of hydrogen-bond acceptors (Lipinski definition) is 6. The predicted molar refractivity (Wildman–Crippen MR) is 279 cm³/mol. The first-order valence-electron chi connectivity index (χ1n) is 27.1. The molecule has 0 aromatic heterocycles. The molecule has 6 heteroatoms. The third kappa shape index (κ3) is 51.4. The SMILES string of the molecule is CCCCC/C=C\C/C=C\C/C=C\C/C=C\CCCC(=O)OC[C@H](COC(=O)CCCCCC/C=C\C/C=C\C/C=C\CCCCC)OC(=O)CCCCCCCCCCCCCCC. The first-order valence-corrected chi connectivity index (χ1v) is 27.1. The van der Waals surface area contributed by atoms with Crippen LogP contribution in [-0.2, 0) is 28.6 Å². The lowest BCUT2D eigenvalue weighted by molar-refractivity contribution is -0.167. The number of esters is 3. The Hall–Kier alpha value is -3.41. The van der Waals surface area contributed by atoms with Gasteiger partial charge in [0.15, 0.2) is 6.10 Å². The lowest BCUT2D eigenvalue weighted by Crippen LogP contribution is -2.30. The third-order valence-corrected chi connectivity index (χ3v) is 11.4. The van der Waals surface area contributed by atoms with Gasteiger partial charge in [0, 0.05) is 19.3 Å². The Labute approximate surface area is 401 Å². The minimum absolute atomic E-state index is 0.104. The summed E-state index contributed by atoms with van der Waals surface area (Å²) in [6.07, 6.45) is 68.5. The van der Waals surface area contributed by atoms with Crippen LogP contribution in [-0.4, -0.2) is 37.2 Å². The van der Waals surface area contributed by atoms with Gasteiger partial charge in [0.2, 0.25) is 0 Å². The number of hydrogen-bond donors (Lipinski definition) is 0. The van der Waals surface area contributed by atoms with Gasteiger partial charge in [0.05, 0.1) is 0 Å². The summed E-state index contributed by atoms with van der Waals surface area (Å²) in [4.78, 5) is 38.0. The van der Waals surface area contributed by atoms with Gasteiger partial charge in [0.1, 0.15) is 13.2 Å². The highest BCUT2D eigenvalue weighted by Gasteiger charge is 2.19. The molecule has 0 bridgehead atoms. The topological polar surface area (TPSA) is 78.9 Å². The number of carbonyl (C=O) groups is 3. The van der Waals surface area contributed by atoms with Crippen molar-refractivity contribution >= 4 is 17.9 Å². The molecule has 0 aromatic rings. The highest BCUT2D eigenvalue weighted by molar-refractivity contribution is 5.71. The van der Waals surface area contributed by atoms with Crippen LogP contribution in [0.15, 0.2) is 85.1 Å². The predicted octanol–water partition coefficient (Wildman–Crippen LogP) is 18.0. The normalized spacial score (nSPS) is 12.7. The molecule has 0 amide bonds. The Morgan fingerprint density at radius 2 is 0.569 bits per heavy atom. The molecule has 0 fully saturated rings. The van der Waals surface area contributed by atoms with Crippen molar-refractivity contribution < 1.29 is 28.6 Å². The molecule has 0 aliphatic heterocycles. The quantitative estimate of drug-likeness (QED) is 0.0262. The van der Waals surface area contributed by atoms with Gasteiger partial charge in [-0.2, -0.15) is 0 Å².